The summed E-state index contributed by atoms with van der Waals surface area (Å²) in [6.07, 6.45) is 1.09. The van der Waals surface area contributed by atoms with Crippen LogP contribution in [0.5, 0.6) is 0 Å². The van der Waals surface area contributed by atoms with Crippen molar-refractivity contribution >= 4 is 5.95 Å². The van der Waals surface area contributed by atoms with Crippen molar-refractivity contribution in [3.05, 3.63) is 16.6 Å². The first kappa shape index (κ1) is 5.70. The maximum absolute atomic E-state index is 10.3. The standard InChI is InChI=1S/C3H5N5O/c4-6-3-5-1-2(9)7-8-3/h1H,4H2,(H,7,9)(H,5,6,8). The summed E-state index contributed by atoms with van der Waals surface area (Å²) < 4.78 is 0. The Balaban J connectivity index is 3.02. The highest BCUT2D eigenvalue weighted by Crippen LogP contribution is 1.81. The molecule has 0 saturated carbocycles. The molecule has 0 atom stereocenters. The number of nitrogens with zero attached hydrogens (tertiary/aromatic N) is 2. The Kier molecular flexibility index (Phi) is 1.41. The molecule has 0 radical (unpaired) electrons. The Labute approximate surface area is 50.1 Å². The molecule has 0 aliphatic heterocycles. The predicted octanol–water partition coefficient (Wildman–Crippen LogP) is -1.55. The molecule has 0 spiro atoms. The Morgan fingerprint density at radius 1 is 1.78 bits per heavy atom. The summed E-state index contributed by atoms with van der Waals surface area (Å²) in [5, 5.41) is 5.55. The van der Waals surface area contributed by atoms with E-state index in [1.807, 2.05) is 0 Å². The van der Waals surface area contributed by atoms with Gasteiger partial charge in [0.05, 0.1) is 6.20 Å². The van der Waals surface area contributed by atoms with Gasteiger partial charge in [0.15, 0.2) is 0 Å². The van der Waals surface area contributed by atoms with Crippen LogP contribution in [0, 0.1) is 0 Å². The van der Waals surface area contributed by atoms with E-state index in [1.165, 1.54) is 0 Å². The van der Waals surface area contributed by atoms with E-state index in [-0.39, 0.29) is 11.5 Å². The topological polar surface area (TPSA) is 96.7 Å². The number of hydrazine groups is 1. The summed E-state index contributed by atoms with van der Waals surface area (Å²) in [7, 11) is 0. The summed E-state index contributed by atoms with van der Waals surface area (Å²) in [5.74, 6) is 5.09. The molecule has 6 nitrogen and oxygen atoms in total. The molecule has 1 aromatic heterocycles. The Hall–Kier alpha value is -1.43. The van der Waals surface area contributed by atoms with E-state index < -0.39 is 0 Å². The van der Waals surface area contributed by atoms with Crippen molar-refractivity contribution in [1.82, 2.24) is 15.2 Å². The second-order valence-electron chi connectivity index (χ2n) is 1.31. The molecule has 0 unspecified atom stereocenters. The molecule has 0 amide bonds. The maximum Gasteiger partial charge on any atom is 0.282 e. The van der Waals surface area contributed by atoms with Crippen LogP contribution in [-0.2, 0) is 0 Å². The van der Waals surface area contributed by atoms with Crippen molar-refractivity contribution in [3.8, 4) is 0 Å². The number of nitrogens with one attached hydrogen (secondary N) is 2. The van der Waals surface area contributed by atoms with Gasteiger partial charge in [0.25, 0.3) is 11.5 Å². The first-order valence-electron chi connectivity index (χ1n) is 2.21. The minimum Gasteiger partial charge on any atom is -0.291 e. The Morgan fingerprint density at radius 2 is 2.56 bits per heavy atom. The van der Waals surface area contributed by atoms with Crippen molar-refractivity contribution in [2.75, 3.05) is 5.43 Å². The van der Waals surface area contributed by atoms with E-state index in [0.29, 0.717) is 0 Å². The lowest BCUT2D eigenvalue weighted by molar-refractivity contribution is 0.927. The summed E-state index contributed by atoms with van der Waals surface area (Å²) in [4.78, 5) is 13.8. The molecule has 6 heteroatoms. The second-order valence-corrected chi connectivity index (χ2v) is 1.31. The fraction of sp³-hybridized carbons (Fsp3) is 0. The van der Waals surface area contributed by atoms with Crippen LogP contribution in [-0.4, -0.2) is 15.2 Å². The molecule has 9 heavy (non-hydrogen) atoms. The van der Waals surface area contributed by atoms with E-state index in [0.717, 1.165) is 6.20 Å². The molecule has 4 N–H and O–H groups in total. The van der Waals surface area contributed by atoms with Gasteiger partial charge in [-0.1, -0.05) is 0 Å². The van der Waals surface area contributed by atoms with Gasteiger partial charge in [-0.15, -0.1) is 5.10 Å². The van der Waals surface area contributed by atoms with E-state index in [4.69, 9.17) is 5.84 Å². The highest BCUT2D eigenvalue weighted by atomic mass is 16.1. The predicted molar refractivity (Wildman–Crippen MR) is 30.5 cm³/mol. The third kappa shape index (κ3) is 1.23. The third-order valence-corrected chi connectivity index (χ3v) is 0.705. The monoisotopic (exact) mass is 127 g/mol. The molecule has 48 valence electrons. The van der Waals surface area contributed by atoms with E-state index in [1.54, 1.807) is 0 Å². The number of nitrogen functional groups attached to an aromatic ring is 1. The van der Waals surface area contributed by atoms with Crippen LogP contribution < -0.4 is 16.8 Å². The number of aromatic amines is 1. The van der Waals surface area contributed by atoms with Crippen LogP contribution in [0.25, 0.3) is 0 Å². The van der Waals surface area contributed by atoms with Gasteiger partial charge >= 0.3 is 0 Å². The number of nitrogens with two attached hydrogens (primary N) is 1. The van der Waals surface area contributed by atoms with Crippen LogP contribution in [0.15, 0.2) is 11.0 Å². The lowest BCUT2D eigenvalue weighted by Gasteiger charge is -1.91. The number of hydrogen-bond acceptors (Lipinski definition) is 5. The van der Waals surface area contributed by atoms with Crippen LogP contribution in [0.2, 0.25) is 0 Å². The van der Waals surface area contributed by atoms with Crippen molar-refractivity contribution < 1.29 is 0 Å². The Morgan fingerprint density at radius 3 is 3.00 bits per heavy atom. The largest absolute Gasteiger partial charge is 0.291 e. The van der Waals surface area contributed by atoms with E-state index in [2.05, 4.69) is 20.6 Å². The molecule has 1 rings (SSSR count). The zero-order valence-electron chi connectivity index (χ0n) is 4.46. The van der Waals surface area contributed by atoms with Crippen molar-refractivity contribution in [2.24, 2.45) is 5.84 Å². The zero-order valence-corrected chi connectivity index (χ0v) is 4.46. The first-order valence-corrected chi connectivity index (χ1v) is 2.21. The summed E-state index contributed by atoms with van der Waals surface area (Å²) in [6.45, 7) is 0. The minimum absolute atomic E-state index is 0.189. The minimum atomic E-state index is -0.353. The quantitative estimate of drug-likeness (QED) is 0.313. The normalized spacial score (nSPS) is 9.00. The molecule has 0 aliphatic rings. The molecule has 0 fully saturated rings. The Bertz CT molecular complexity index is 222. The van der Waals surface area contributed by atoms with Gasteiger partial charge in [-0.2, -0.15) is 0 Å². The highest BCUT2D eigenvalue weighted by Gasteiger charge is 1.87. The fourth-order valence-electron chi connectivity index (χ4n) is 0.355. The average molecular weight is 127 g/mol. The molecule has 0 saturated heterocycles. The maximum atomic E-state index is 10.3. The number of anilines is 1. The van der Waals surface area contributed by atoms with Gasteiger partial charge in [0.2, 0.25) is 0 Å². The van der Waals surface area contributed by atoms with Gasteiger partial charge in [-0.25, -0.2) is 15.9 Å². The number of hydrogen-bond donors (Lipinski definition) is 3. The second kappa shape index (κ2) is 2.23. The van der Waals surface area contributed by atoms with E-state index >= 15 is 0 Å². The van der Waals surface area contributed by atoms with Gasteiger partial charge in [0.1, 0.15) is 0 Å². The number of H-pyrrole nitrogens is 1. The first-order chi connectivity index (χ1) is 4.33. The number of rotatable bonds is 1. The van der Waals surface area contributed by atoms with Crippen LogP contribution >= 0.6 is 0 Å². The average Bonchev–Trinajstić information content (AvgIpc) is 1.90. The fourth-order valence-corrected chi connectivity index (χ4v) is 0.355. The van der Waals surface area contributed by atoms with Gasteiger partial charge in [-0.3, -0.25) is 10.2 Å². The van der Waals surface area contributed by atoms with E-state index in [9.17, 15) is 4.79 Å². The lowest BCUT2D eigenvalue weighted by Crippen LogP contribution is -2.15. The van der Waals surface area contributed by atoms with Crippen molar-refractivity contribution in [1.29, 1.82) is 0 Å². The van der Waals surface area contributed by atoms with Crippen molar-refractivity contribution in [3.63, 3.8) is 0 Å². The molecular formula is C3H5N5O. The molecule has 1 heterocycles. The van der Waals surface area contributed by atoms with Gasteiger partial charge < -0.3 is 0 Å². The third-order valence-electron chi connectivity index (χ3n) is 0.705. The highest BCUT2D eigenvalue weighted by molar-refractivity contribution is 5.16. The van der Waals surface area contributed by atoms with Crippen LogP contribution in [0.4, 0.5) is 5.95 Å². The number of aromatic nitrogens is 3. The molecule has 0 aliphatic carbocycles. The van der Waals surface area contributed by atoms with Crippen LogP contribution in [0.1, 0.15) is 0 Å². The smallest absolute Gasteiger partial charge is 0.282 e. The lowest BCUT2D eigenvalue weighted by atomic mass is 10.8. The molecular weight excluding hydrogens is 122 g/mol. The summed E-state index contributed by atoms with van der Waals surface area (Å²) in [6, 6.07) is 0. The van der Waals surface area contributed by atoms with Crippen molar-refractivity contribution in [2.45, 2.75) is 0 Å². The van der Waals surface area contributed by atoms with Gasteiger partial charge in [-0.05, 0) is 0 Å². The van der Waals surface area contributed by atoms with Gasteiger partial charge in [0, 0.05) is 0 Å². The molecule has 0 aromatic carbocycles. The van der Waals surface area contributed by atoms with Crippen LogP contribution in [0.3, 0.4) is 0 Å². The molecule has 1 aromatic rings. The molecule has 0 bridgehead atoms. The summed E-state index contributed by atoms with van der Waals surface area (Å²) >= 11 is 0. The summed E-state index contributed by atoms with van der Waals surface area (Å²) in [5.41, 5.74) is 1.81. The SMILES string of the molecule is NNc1ncc(=O)[nH]n1. The zero-order chi connectivity index (χ0) is 6.69.